The Labute approximate surface area is 134 Å². The summed E-state index contributed by atoms with van der Waals surface area (Å²) in [6, 6.07) is 4.86. The highest BCUT2D eigenvalue weighted by molar-refractivity contribution is 9.10. The van der Waals surface area contributed by atoms with Crippen molar-refractivity contribution >= 4 is 26.0 Å². The van der Waals surface area contributed by atoms with Gasteiger partial charge in [-0.1, -0.05) is 6.07 Å². The molecule has 0 saturated carbocycles. The highest BCUT2D eigenvalue weighted by Gasteiger charge is 2.37. The van der Waals surface area contributed by atoms with Crippen LogP contribution in [-0.2, 0) is 21.4 Å². The number of ether oxygens (including phenoxy) is 1. The third kappa shape index (κ3) is 3.48. The largest absolute Gasteiger partial charge is 0.392 e. The molecule has 1 atom stereocenters. The predicted octanol–water partition coefficient (Wildman–Crippen LogP) is 2.13. The molecule has 0 radical (unpaired) electrons. The Bertz CT molecular complexity index is 619. The van der Waals surface area contributed by atoms with Crippen LogP contribution < -0.4 is 0 Å². The van der Waals surface area contributed by atoms with Crippen LogP contribution in [0, 0.1) is 0 Å². The minimum Gasteiger partial charge on any atom is -0.392 e. The summed E-state index contributed by atoms with van der Waals surface area (Å²) in [5.41, 5.74) is 0.120. The molecule has 2 rings (SSSR count). The van der Waals surface area contributed by atoms with Gasteiger partial charge in [0.2, 0.25) is 10.0 Å². The predicted molar refractivity (Wildman–Crippen MR) is 83.5 cm³/mol. The van der Waals surface area contributed by atoms with Crippen LogP contribution in [0.4, 0.5) is 0 Å². The van der Waals surface area contributed by atoms with Crippen LogP contribution in [-0.4, -0.2) is 43.6 Å². The van der Waals surface area contributed by atoms with Gasteiger partial charge in [0, 0.05) is 24.7 Å². The van der Waals surface area contributed by atoms with E-state index in [4.69, 9.17) is 4.74 Å². The second-order valence-corrected chi connectivity index (χ2v) is 8.28. The van der Waals surface area contributed by atoms with Crippen LogP contribution in [0.25, 0.3) is 0 Å². The zero-order valence-corrected chi connectivity index (χ0v) is 14.6. The van der Waals surface area contributed by atoms with Crippen LogP contribution in [0.15, 0.2) is 27.6 Å². The number of hydrogen-bond donors (Lipinski definition) is 1. The van der Waals surface area contributed by atoms with E-state index in [-0.39, 0.29) is 11.5 Å². The van der Waals surface area contributed by atoms with Crippen molar-refractivity contribution in [3.63, 3.8) is 0 Å². The number of sulfonamides is 1. The normalized spacial score (nSPS) is 24.2. The molecule has 1 saturated heterocycles. The molecule has 118 valence electrons. The monoisotopic (exact) mass is 377 g/mol. The maximum Gasteiger partial charge on any atom is 0.244 e. The number of aliphatic hydroxyl groups is 1. The van der Waals surface area contributed by atoms with Crippen molar-refractivity contribution < 1.29 is 18.3 Å². The van der Waals surface area contributed by atoms with E-state index in [0.717, 1.165) is 12.8 Å². The minimum absolute atomic E-state index is 0.189. The lowest BCUT2D eigenvalue weighted by molar-refractivity contribution is -0.0319. The van der Waals surface area contributed by atoms with Crippen LogP contribution in [0.1, 0.15) is 25.3 Å². The third-order valence-electron chi connectivity index (χ3n) is 3.91. The van der Waals surface area contributed by atoms with E-state index in [1.54, 1.807) is 19.2 Å². The number of nitrogens with zero attached hydrogens (tertiary/aromatic N) is 1. The van der Waals surface area contributed by atoms with E-state index in [9.17, 15) is 13.5 Å². The van der Waals surface area contributed by atoms with Gasteiger partial charge in [-0.2, -0.15) is 4.31 Å². The first-order valence-corrected chi connectivity index (χ1v) is 9.00. The summed E-state index contributed by atoms with van der Waals surface area (Å²) in [4.78, 5) is 0.189. The minimum atomic E-state index is -3.61. The summed E-state index contributed by atoms with van der Waals surface area (Å²) >= 11 is 3.29. The lowest BCUT2D eigenvalue weighted by Crippen LogP contribution is -2.49. The Hall–Kier alpha value is -0.470. The molecule has 0 amide bonds. The molecule has 1 heterocycles. The molecule has 7 heteroatoms. The smallest absolute Gasteiger partial charge is 0.244 e. The van der Waals surface area contributed by atoms with Crippen molar-refractivity contribution in [2.75, 3.05) is 20.2 Å². The number of halogens is 1. The van der Waals surface area contributed by atoms with Gasteiger partial charge in [-0.25, -0.2) is 8.42 Å². The first-order valence-electron chi connectivity index (χ1n) is 6.77. The van der Waals surface area contributed by atoms with Gasteiger partial charge < -0.3 is 9.84 Å². The Kier molecular flexibility index (Phi) is 5.10. The molecule has 1 N–H and O–H groups in total. The molecular weight excluding hydrogens is 358 g/mol. The third-order valence-corrected chi connectivity index (χ3v) is 6.75. The molecule has 1 aliphatic heterocycles. The van der Waals surface area contributed by atoms with Crippen LogP contribution >= 0.6 is 15.9 Å². The van der Waals surface area contributed by atoms with Gasteiger partial charge in [0.05, 0.1) is 17.1 Å². The number of aliphatic hydroxyl groups excluding tert-OH is 1. The molecule has 21 heavy (non-hydrogen) atoms. The van der Waals surface area contributed by atoms with Gasteiger partial charge in [0.15, 0.2) is 0 Å². The fourth-order valence-electron chi connectivity index (χ4n) is 2.52. The lowest BCUT2D eigenvalue weighted by atomic mass is 9.96. The molecule has 1 aliphatic rings. The van der Waals surface area contributed by atoms with E-state index in [2.05, 4.69) is 15.9 Å². The Balaban J connectivity index is 2.38. The number of rotatable bonds is 4. The van der Waals surface area contributed by atoms with Gasteiger partial charge in [-0.05, 0) is 53.4 Å². The van der Waals surface area contributed by atoms with E-state index in [1.807, 2.05) is 6.92 Å². The number of methoxy groups -OCH3 is 1. The van der Waals surface area contributed by atoms with Gasteiger partial charge in [0.25, 0.3) is 0 Å². The van der Waals surface area contributed by atoms with Gasteiger partial charge in [-0.3, -0.25) is 0 Å². The Morgan fingerprint density at radius 3 is 2.81 bits per heavy atom. The number of hydrogen-bond acceptors (Lipinski definition) is 4. The van der Waals surface area contributed by atoms with Crippen LogP contribution in [0.5, 0.6) is 0 Å². The number of piperidine rings is 1. The quantitative estimate of drug-likeness (QED) is 0.872. The fourth-order valence-corrected chi connectivity index (χ4v) is 5.08. The Morgan fingerprint density at radius 1 is 1.48 bits per heavy atom. The van der Waals surface area contributed by atoms with Crippen molar-refractivity contribution in [3.8, 4) is 0 Å². The van der Waals surface area contributed by atoms with Crippen molar-refractivity contribution in [2.45, 2.75) is 36.9 Å². The molecular formula is C14H20BrNO4S. The zero-order chi connectivity index (χ0) is 15.7. The highest BCUT2D eigenvalue weighted by atomic mass is 79.9. The molecule has 0 aliphatic carbocycles. The van der Waals surface area contributed by atoms with Gasteiger partial charge in [-0.15, -0.1) is 0 Å². The standard InChI is InChI=1S/C14H20BrNO4S/c1-14(20-2)6-3-7-16(10-14)21(18,19)13-8-11(9-17)4-5-12(13)15/h4-5,8,17H,3,6-7,9-10H2,1-2H3. The second kappa shape index (κ2) is 6.34. The fraction of sp³-hybridized carbons (Fsp3) is 0.571. The summed E-state index contributed by atoms with van der Waals surface area (Å²) in [5, 5.41) is 9.21. The SMILES string of the molecule is COC1(C)CCCN(S(=O)(=O)c2cc(CO)ccc2Br)C1. The van der Waals surface area contributed by atoms with E-state index < -0.39 is 15.6 Å². The summed E-state index contributed by atoms with van der Waals surface area (Å²) in [6.45, 7) is 2.55. The molecule has 5 nitrogen and oxygen atoms in total. The lowest BCUT2D eigenvalue weighted by Gasteiger charge is -2.38. The Morgan fingerprint density at radius 2 is 2.19 bits per heavy atom. The topological polar surface area (TPSA) is 66.8 Å². The van der Waals surface area contributed by atoms with Gasteiger partial charge >= 0.3 is 0 Å². The molecule has 1 fully saturated rings. The zero-order valence-electron chi connectivity index (χ0n) is 12.2. The average Bonchev–Trinajstić information content (AvgIpc) is 2.47. The highest BCUT2D eigenvalue weighted by Crippen LogP contribution is 2.31. The van der Waals surface area contributed by atoms with Crippen molar-refractivity contribution in [2.24, 2.45) is 0 Å². The molecule has 1 aromatic rings. The van der Waals surface area contributed by atoms with E-state index in [0.29, 0.717) is 23.1 Å². The van der Waals surface area contributed by atoms with Crippen LogP contribution in [0.3, 0.4) is 0 Å². The number of benzene rings is 1. The summed E-state index contributed by atoms with van der Waals surface area (Å²) < 4.78 is 33.1. The molecule has 1 unspecified atom stereocenters. The molecule has 0 aromatic heterocycles. The van der Waals surface area contributed by atoms with Gasteiger partial charge in [0.1, 0.15) is 0 Å². The molecule has 0 bridgehead atoms. The molecule has 1 aromatic carbocycles. The van der Waals surface area contributed by atoms with Crippen molar-refractivity contribution in [1.29, 1.82) is 0 Å². The summed E-state index contributed by atoms with van der Waals surface area (Å²) in [7, 11) is -2.00. The first kappa shape index (κ1) is 16.9. The van der Waals surface area contributed by atoms with E-state index >= 15 is 0 Å². The second-order valence-electron chi connectivity index (χ2n) is 5.52. The maximum absolute atomic E-state index is 12.8. The maximum atomic E-state index is 12.8. The summed E-state index contributed by atoms with van der Waals surface area (Å²) in [6.07, 6.45) is 1.61. The summed E-state index contributed by atoms with van der Waals surface area (Å²) in [5.74, 6) is 0. The van der Waals surface area contributed by atoms with E-state index in [1.165, 1.54) is 10.4 Å². The van der Waals surface area contributed by atoms with Crippen molar-refractivity contribution in [1.82, 2.24) is 4.31 Å². The molecule has 0 spiro atoms. The average molecular weight is 378 g/mol. The van der Waals surface area contributed by atoms with Crippen LogP contribution in [0.2, 0.25) is 0 Å². The first-order chi connectivity index (χ1) is 9.82. The van der Waals surface area contributed by atoms with Crippen molar-refractivity contribution in [3.05, 3.63) is 28.2 Å².